The summed E-state index contributed by atoms with van der Waals surface area (Å²) in [6.45, 7) is 0. The molecule has 5 nitrogen and oxygen atoms in total. The SMILES string of the molecule is O=C(Nc1ccccc1C(=O)O)c1ccc(Oc2cccc(F)c2)cc1. The maximum absolute atomic E-state index is 13.2. The summed E-state index contributed by atoms with van der Waals surface area (Å²) in [5.41, 5.74) is 0.550. The zero-order valence-corrected chi connectivity index (χ0v) is 13.5. The van der Waals surface area contributed by atoms with Crippen molar-refractivity contribution in [3.05, 3.63) is 89.7 Å². The van der Waals surface area contributed by atoms with Crippen LogP contribution < -0.4 is 10.1 Å². The van der Waals surface area contributed by atoms with Crippen molar-refractivity contribution in [2.45, 2.75) is 0 Å². The van der Waals surface area contributed by atoms with Crippen LogP contribution in [0.3, 0.4) is 0 Å². The van der Waals surface area contributed by atoms with Gasteiger partial charge in [0.1, 0.15) is 17.3 Å². The Morgan fingerprint density at radius 3 is 2.31 bits per heavy atom. The number of ether oxygens (including phenoxy) is 1. The second-order valence-electron chi connectivity index (χ2n) is 5.39. The molecule has 3 aromatic carbocycles. The lowest BCUT2D eigenvalue weighted by Gasteiger charge is -2.09. The van der Waals surface area contributed by atoms with Gasteiger partial charge in [0.05, 0.1) is 11.3 Å². The maximum Gasteiger partial charge on any atom is 0.337 e. The number of carbonyl (C=O) groups is 2. The second-order valence-corrected chi connectivity index (χ2v) is 5.39. The van der Waals surface area contributed by atoms with Gasteiger partial charge in [0.25, 0.3) is 5.91 Å². The van der Waals surface area contributed by atoms with Crippen molar-refractivity contribution in [3.8, 4) is 11.5 Å². The van der Waals surface area contributed by atoms with Crippen LogP contribution in [-0.2, 0) is 0 Å². The van der Waals surface area contributed by atoms with Gasteiger partial charge in [-0.15, -0.1) is 0 Å². The number of anilines is 1. The summed E-state index contributed by atoms with van der Waals surface area (Å²) in [7, 11) is 0. The molecule has 130 valence electrons. The smallest absolute Gasteiger partial charge is 0.337 e. The van der Waals surface area contributed by atoms with Crippen molar-refractivity contribution in [3.63, 3.8) is 0 Å². The normalized spacial score (nSPS) is 10.2. The van der Waals surface area contributed by atoms with E-state index in [1.807, 2.05) is 0 Å². The van der Waals surface area contributed by atoms with Crippen LogP contribution in [0.5, 0.6) is 11.5 Å². The van der Waals surface area contributed by atoms with E-state index >= 15 is 0 Å². The number of para-hydroxylation sites is 1. The Bertz CT molecular complexity index is 954. The first kappa shape index (κ1) is 17.2. The minimum absolute atomic E-state index is 0.00640. The molecule has 0 unspecified atom stereocenters. The fourth-order valence-electron chi connectivity index (χ4n) is 2.31. The number of carboxylic acids is 1. The zero-order chi connectivity index (χ0) is 18.5. The maximum atomic E-state index is 13.2. The number of nitrogens with one attached hydrogen (secondary N) is 1. The average molecular weight is 351 g/mol. The number of amides is 1. The molecule has 0 saturated heterocycles. The van der Waals surface area contributed by atoms with E-state index in [0.717, 1.165) is 0 Å². The molecule has 0 spiro atoms. The standard InChI is InChI=1S/C20H14FNO4/c21-14-4-3-5-16(12-14)26-15-10-8-13(9-11-15)19(23)22-18-7-2-1-6-17(18)20(24)25/h1-12H,(H,22,23)(H,24,25). The number of benzene rings is 3. The minimum Gasteiger partial charge on any atom is -0.478 e. The van der Waals surface area contributed by atoms with E-state index in [2.05, 4.69) is 5.32 Å². The highest BCUT2D eigenvalue weighted by molar-refractivity contribution is 6.07. The van der Waals surface area contributed by atoms with E-state index in [4.69, 9.17) is 9.84 Å². The Hall–Kier alpha value is -3.67. The number of hydrogen-bond acceptors (Lipinski definition) is 3. The summed E-state index contributed by atoms with van der Waals surface area (Å²) in [5.74, 6) is -1.19. The lowest BCUT2D eigenvalue weighted by Crippen LogP contribution is -2.14. The molecule has 0 atom stereocenters. The molecule has 0 aromatic heterocycles. The summed E-state index contributed by atoms with van der Waals surface area (Å²) >= 11 is 0. The third kappa shape index (κ3) is 4.05. The van der Waals surface area contributed by atoms with Gasteiger partial charge in [-0.3, -0.25) is 4.79 Å². The van der Waals surface area contributed by atoms with Crippen LogP contribution >= 0.6 is 0 Å². The van der Waals surface area contributed by atoms with E-state index in [1.165, 1.54) is 42.5 Å². The average Bonchev–Trinajstić information content (AvgIpc) is 2.62. The predicted molar refractivity (Wildman–Crippen MR) is 94.3 cm³/mol. The quantitative estimate of drug-likeness (QED) is 0.706. The summed E-state index contributed by atoms with van der Waals surface area (Å²) in [6.07, 6.45) is 0. The monoisotopic (exact) mass is 351 g/mol. The summed E-state index contributed by atoms with van der Waals surface area (Å²) in [6, 6.07) is 18.1. The van der Waals surface area contributed by atoms with E-state index < -0.39 is 17.7 Å². The summed E-state index contributed by atoms with van der Waals surface area (Å²) in [5, 5.41) is 11.7. The molecule has 6 heteroatoms. The number of carbonyl (C=O) groups excluding carboxylic acids is 1. The van der Waals surface area contributed by atoms with Crippen LogP contribution in [-0.4, -0.2) is 17.0 Å². The van der Waals surface area contributed by atoms with Crippen molar-refractivity contribution in [2.75, 3.05) is 5.32 Å². The second kappa shape index (κ2) is 7.48. The molecular weight excluding hydrogens is 337 g/mol. The molecule has 26 heavy (non-hydrogen) atoms. The number of carboxylic acid groups (broad SMARTS) is 1. The fraction of sp³-hybridized carbons (Fsp3) is 0. The van der Waals surface area contributed by atoms with Gasteiger partial charge in [0, 0.05) is 11.6 Å². The van der Waals surface area contributed by atoms with Crippen molar-refractivity contribution < 1.29 is 23.8 Å². The molecule has 0 aliphatic carbocycles. The van der Waals surface area contributed by atoms with E-state index in [-0.39, 0.29) is 11.3 Å². The molecular formula is C20H14FNO4. The first-order valence-corrected chi connectivity index (χ1v) is 7.70. The molecule has 2 N–H and O–H groups in total. The first-order valence-electron chi connectivity index (χ1n) is 7.70. The van der Waals surface area contributed by atoms with Gasteiger partial charge >= 0.3 is 5.97 Å². The van der Waals surface area contributed by atoms with E-state index in [1.54, 1.807) is 30.3 Å². The number of rotatable bonds is 5. The Labute approximate surface area is 148 Å². The van der Waals surface area contributed by atoms with Gasteiger partial charge in [0.15, 0.2) is 0 Å². The summed E-state index contributed by atoms with van der Waals surface area (Å²) in [4.78, 5) is 23.5. The van der Waals surface area contributed by atoms with E-state index in [9.17, 15) is 14.0 Å². The molecule has 0 radical (unpaired) electrons. The van der Waals surface area contributed by atoms with E-state index in [0.29, 0.717) is 17.1 Å². The topological polar surface area (TPSA) is 75.6 Å². The van der Waals surface area contributed by atoms with Crippen LogP contribution in [0.4, 0.5) is 10.1 Å². The molecule has 0 bridgehead atoms. The minimum atomic E-state index is -1.13. The third-order valence-electron chi connectivity index (χ3n) is 3.55. The Morgan fingerprint density at radius 2 is 1.62 bits per heavy atom. The van der Waals surface area contributed by atoms with Crippen LogP contribution in [0.15, 0.2) is 72.8 Å². The molecule has 3 rings (SSSR count). The van der Waals surface area contributed by atoms with Crippen molar-refractivity contribution in [1.82, 2.24) is 0 Å². The van der Waals surface area contributed by atoms with Crippen molar-refractivity contribution >= 4 is 17.6 Å². The Morgan fingerprint density at radius 1 is 0.885 bits per heavy atom. The highest BCUT2D eigenvalue weighted by Gasteiger charge is 2.13. The molecule has 0 fully saturated rings. The highest BCUT2D eigenvalue weighted by Crippen LogP contribution is 2.23. The highest BCUT2D eigenvalue weighted by atomic mass is 19.1. The summed E-state index contributed by atoms with van der Waals surface area (Å²) < 4.78 is 18.7. The Kier molecular flexibility index (Phi) is 4.94. The largest absolute Gasteiger partial charge is 0.478 e. The van der Waals surface area contributed by atoms with Crippen molar-refractivity contribution in [2.24, 2.45) is 0 Å². The lowest BCUT2D eigenvalue weighted by molar-refractivity contribution is 0.0698. The number of halogens is 1. The molecule has 1 amide bonds. The fourth-order valence-corrected chi connectivity index (χ4v) is 2.31. The number of aromatic carboxylic acids is 1. The van der Waals surface area contributed by atoms with Crippen LogP contribution in [0.1, 0.15) is 20.7 Å². The predicted octanol–water partition coefficient (Wildman–Crippen LogP) is 4.57. The van der Waals surface area contributed by atoms with Gasteiger partial charge in [-0.1, -0.05) is 18.2 Å². The zero-order valence-electron chi connectivity index (χ0n) is 13.5. The van der Waals surface area contributed by atoms with Crippen molar-refractivity contribution in [1.29, 1.82) is 0 Å². The van der Waals surface area contributed by atoms with Gasteiger partial charge in [-0.2, -0.15) is 0 Å². The van der Waals surface area contributed by atoms with Gasteiger partial charge < -0.3 is 15.2 Å². The molecule has 0 aliphatic heterocycles. The van der Waals surface area contributed by atoms with Crippen LogP contribution in [0, 0.1) is 5.82 Å². The van der Waals surface area contributed by atoms with Gasteiger partial charge in [0.2, 0.25) is 0 Å². The third-order valence-corrected chi connectivity index (χ3v) is 3.55. The lowest BCUT2D eigenvalue weighted by atomic mass is 10.1. The molecule has 0 heterocycles. The Balaban J connectivity index is 1.72. The van der Waals surface area contributed by atoms with Crippen LogP contribution in [0.2, 0.25) is 0 Å². The molecule has 0 aliphatic rings. The van der Waals surface area contributed by atoms with Crippen LogP contribution in [0.25, 0.3) is 0 Å². The molecule has 0 saturated carbocycles. The number of hydrogen-bond donors (Lipinski definition) is 2. The van der Waals surface area contributed by atoms with Gasteiger partial charge in [-0.05, 0) is 48.5 Å². The van der Waals surface area contributed by atoms with Gasteiger partial charge in [-0.25, -0.2) is 9.18 Å². The molecule has 3 aromatic rings. The first-order chi connectivity index (χ1) is 12.5.